The average molecular weight is 262 g/mol. The number of fused-ring (bicyclic) bond motifs is 1. The first-order valence-electron chi connectivity index (χ1n) is 7.22. The maximum absolute atomic E-state index is 5.65. The van der Waals surface area contributed by atoms with Crippen LogP contribution in [-0.2, 0) is 0 Å². The minimum absolute atomic E-state index is 0.652. The number of rotatable bonds is 4. The molecule has 0 aliphatic carbocycles. The number of benzene rings is 1. The summed E-state index contributed by atoms with van der Waals surface area (Å²) in [7, 11) is 0. The number of anilines is 1. The monoisotopic (exact) mass is 262 g/mol. The maximum Gasteiger partial charge on any atom is 0.163 e. The van der Waals surface area contributed by atoms with E-state index in [9.17, 15) is 0 Å². The number of nitrogens with one attached hydrogen (secondary N) is 1. The molecule has 0 bridgehead atoms. The van der Waals surface area contributed by atoms with Gasteiger partial charge in [-0.25, -0.2) is 0 Å². The highest BCUT2D eigenvalue weighted by atomic mass is 16.6. The Hall–Kier alpha value is -1.42. The lowest BCUT2D eigenvalue weighted by Crippen LogP contribution is -2.26. The summed E-state index contributed by atoms with van der Waals surface area (Å²) in [6, 6.07) is 6.29. The predicted molar refractivity (Wildman–Crippen MR) is 76.3 cm³/mol. The standard InChI is InChI=1S/C15H22N2O2/c1-2-16-10-12-5-6-17(11-12)13-3-4-14-15(9-13)19-8-7-18-14/h3-4,9,12,16H,2,5-8,10-11H2,1H3. The third kappa shape index (κ3) is 2.78. The number of hydrogen-bond donors (Lipinski definition) is 1. The zero-order valence-corrected chi connectivity index (χ0v) is 11.5. The van der Waals surface area contributed by atoms with E-state index in [-0.39, 0.29) is 0 Å². The molecule has 0 saturated carbocycles. The molecule has 19 heavy (non-hydrogen) atoms. The molecule has 2 aliphatic heterocycles. The van der Waals surface area contributed by atoms with Crippen molar-refractivity contribution in [3.63, 3.8) is 0 Å². The predicted octanol–water partition coefficient (Wildman–Crippen LogP) is 1.89. The molecule has 2 aliphatic rings. The van der Waals surface area contributed by atoms with Gasteiger partial charge in [-0.15, -0.1) is 0 Å². The first kappa shape index (κ1) is 12.6. The Morgan fingerprint density at radius 3 is 2.95 bits per heavy atom. The molecule has 0 spiro atoms. The number of nitrogens with zero attached hydrogens (tertiary/aromatic N) is 1. The molecule has 1 fully saturated rings. The van der Waals surface area contributed by atoms with Gasteiger partial charge >= 0.3 is 0 Å². The molecule has 0 radical (unpaired) electrons. The molecule has 1 aromatic rings. The molecule has 0 aromatic heterocycles. The molecular weight excluding hydrogens is 240 g/mol. The topological polar surface area (TPSA) is 33.7 Å². The van der Waals surface area contributed by atoms with Crippen LogP contribution >= 0.6 is 0 Å². The van der Waals surface area contributed by atoms with Crippen LogP contribution in [0.2, 0.25) is 0 Å². The first-order valence-corrected chi connectivity index (χ1v) is 7.22. The number of ether oxygens (including phenoxy) is 2. The van der Waals surface area contributed by atoms with Crippen molar-refractivity contribution >= 4 is 5.69 Å². The van der Waals surface area contributed by atoms with E-state index in [1.807, 2.05) is 6.07 Å². The Labute approximate surface area is 114 Å². The van der Waals surface area contributed by atoms with Crippen LogP contribution in [0.1, 0.15) is 13.3 Å². The van der Waals surface area contributed by atoms with Gasteiger partial charge in [0.1, 0.15) is 13.2 Å². The summed E-state index contributed by atoms with van der Waals surface area (Å²) in [5.41, 5.74) is 1.25. The van der Waals surface area contributed by atoms with Crippen molar-refractivity contribution in [2.24, 2.45) is 5.92 Å². The summed E-state index contributed by atoms with van der Waals surface area (Å²) < 4.78 is 11.2. The summed E-state index contributed by atoms with van der Waals surface area (Å²) in [6.45, 7) is 7.91. The summed E-state index contributed by atoms with van der Waals surface area (Å²) in [6.07, 6.45) is 1.27. The fourth-order valence-electron chi connectivity index (χ4n) is 2.81. The van der Waals surface area contributed by atoms with Crippen molar-refractivity contribution in [3.05, 3.63) is 18.2 Å². The second-order valence-electron chi connectivity index (χ2n) is 5.24. The van der Waals surface area contributed by atoms with Gasteiger partial charge in [0.2, 0.25) is 0 Å². The highest BCUT2D eigenvalue weighted by molar-refractivity contribution is 5.57. The Morgan fingerprint density at radius 2 is 2.11 bits per heavy atom. The molecule has 1 unspecified atom stereocenters. The van der Waals surface area contributed by atoms with E-state index in [0.29, 0.717) is 13.2 Å². The summed E-state index contributed by atoms with van der Waals surface area (Å²) in [5, 5.41) is 3.44. The minimum Gasteiger partial charge on any atom is -0.486 e. The van der Waals surface area contributed by atoms with E-state index in [1.54, 1.807) is 0 Å². The second kappa shape index (κ2) is 5.70. The van der Waals surface area contributed by atoms with Gasteiger partial charge in [0.15, 0.2) is 11.5 Å². The molecule has 1 saturated heterocycles. The van der Waals surface area contributed by atoms with Crippen LogP contribution in [0, 0.1) is 5.92 Å². The van der Waals surface area contributed by atoms with Crippen LogP contribution in [0.25, 0.3) is 0 Å². The molecule has 1 aromatic carbocycles. The SMILES string of the molecule is CCNCC1CCN(c2ccc3c(c2)OCCO3)C1. The molecular formula is C15H22N2O2. The zero-order chi connectivity index (χ0) is 13.1. The molecule has 1 atom stereocenters. The van der Waals surface area contributed by atoms with Gasteiger partial charge in [0.25, 0.3) is 0 Å². The van der Waals surface area contributed by atoms with Gasteiger partial charge in [-0.2, -0.15) is 0 Å². The molecule has 1 N–H and O–H groups in total. The Morgan fingerprint density at radius 1 is 1.26 bits per heavy atom. The summed E-state index contributed by atoms with van der Waals surface area (Å²) in [5.74, 6) is 2.52. The highest BCUT2D eigenvalue weighted by Gasteiger charge is 2.23. The van der Waals surface area contributed by atoms with Crippen molar-refractivity contribution < 1.29 is 9.47 Å². The van der Waals surface area contributed by atoms with E-state index in [0.717, 1.165) is 43.6 Å². The summed E-state index contributed by atoms with van der Waals surface area (Å²) >= 11 is 0. The lowest BCUT2D eigenvalue weighted by molar-refractivity contribution is 0.171. The van der Waals surface area contributed by atoms with Crippen LogP contribution in [-0.4, -0.2) is 39.4 Å². The quantitative estimate of drug-likeness (QED) is 0.898. The van der Waals surface area contributed by atoms with Crippen LogP contribution < -0.4 is 19.7 Å². The summed E-state index contributed by atoms with van der Waals surface area (Å²) in [4.78, 5) is 2.44. The van der Waals surface area contributed by atoms with Gasteiger partial charge in [-0.05, 0) is 37.6 Å². The van der Waals surface area contributed by atoms with E-state index in [2.05, 4.69) is 29.3 Å². The molecule has 4 heteroatoms. The fourth-order valence-corrected chi connectivity index (χ4v) is 2.81. The van der Waals surface area contributed by atoms with E-state index in [1.165, 1.54) is 12.1 Å². The largest absolute Gasteiger partial charge is 0.486 e. The van der Waals surface area contributed by atoms with Gasteiger partial charge in [0, 0.05) is 24.8 Å². The van der Waals surface area contributed by atoms with Crippen molar-refractivity contribution in [2.75, 3.05) is 44.3 Å². The van der Waals surface area contributed by atoms with Gasteiger partial charge in [-0.1, -0.05) is 6.92 Å². The second-order valence-corrected chi connectivity index (χ2v) is 5.24. The van der Waals surface area contributed by atoms with Gasteiger partial charge in [-0.3, -0.25) is 0 Å². The van der Waals surface area contributed by atoms with Gasteiger partial charge < -0.3 is 19.7 Å². The molecule has 2 heterocycles. The smallest absolute Gasteiger partial charge is 0.163 e. The Bertz CT molecular complexity index is 436. The lowest BCUT2D eigenvalue weighted by Gasteiger charge is -2.23. The minimum atomic E-state index is 0.652. The Balaban J connectivity index is 1.66. The molecule has 0 amide bonds. The number of hydrogen-bond acceptors (Lipinski definition) is 4. The van der Waals surface area contributed by atoms with E-state index >= 15 is 0 Å². The van der Waals surface area contributed by atoms with Crippen molar-refractivity contribution in [3.8, 4) is 11.5 Å². The molecule has 4 nitrogen and oxygen atoms in total. The van der Waals surface area contributed by atoms with Crippen LogP contribution in [0.15, 0.2) is 18.2 Å². The van der Waals surface area contributed by atoms with Crippen LogP contribution in [0.4, 0.5) is 5.69 Å². The van der Waals surface area contributed by atoms with Crippen LogP contribution in [0.3, 0.4) is 0 Å². The molecule has 104 valence electrons. The average Bonchev–Trinajstić information content (AvgIpc) is 2.93. The maximum atomic E-state index is 5.65. The van der Waals surface area contributed by atoms with E-state index < -0.39 is 0 Å². The third-order valence-electron chi connectivity index (χ3n) is 3.86. The Kier molecular flexibility index (Phi) is 3.78. The van der Waals surface area contributed by atoms with Crippen LogP contribution in [0.5, 0.6) is 11.5 Å². The van der Waals surface area contributed by atoms with Crippen molar-refractivity contribution in [1.82, 2.24) is 5.32 Å². The lowest BCUT2D eigenvalue weighted by atomic mass is 10.1. The fraction of sp³-hybridized carbons (Fsp3) is 0.600. The van der Waals surface area contributed by atoms with Gasteiger partial charge in [0.05, 0.1) is 0 Å². The zero-order valence-electron chi connectivity index (χ0n) is 11.5. The van der Waals surface area contributed by atoms with E-state index in [4.69, 9.17) is 9.47 Å². The van der Waals surface area contributed by atoms with Crippen molar-refractivity contribution in [2.45, 2.75) is 13.3 Å². The normalized spacial score (nSPS) is 21.7. The van der Waals surface area contributed by atoms with Crippen molar-refractivity contribution in [1.29, 1.82) is 0 Å². The highest BCUT2D eigenvalue weighted by Crippen LogP contribution is 2.35. The molecule has 3 rings (SSSR count). The third-order valence-corrected chi connectivity index (χ3v) is 3.86. The first-order chi connectivity index (χ1) is 9.36.